The molecular formula is C16H23Cl2N3O. The number of oxazole rings is 1. The Morgan fingerprint density at radius 2 is 2.05 bits per heavy atom. The summed E-state index contributed by atoms with van der Waals surface area (Å²) >= 11 is 0. The van der Waals surface area contributed by atoms with Gasteiger partial charge in [0.05, 0.1) is 12.7 Å². The molecule has 1 atom stereocenters. The van der Waals surface area contributed by atoms with Crippen molar-refractivity contribution in [3.63, 3.8) is 0 Å². The quantitative estimate of drug-likeness (QED) is 0.903. The molecule has 2 aromatic rings. The first-order valence-corrected chi connectivity index (χ1v) is 7.25. The van der Waals surface area contributed by atoms with Gasteiger partial charge in [0.25, 0.3) is 0 Å². The molecule has 1 saturated heterocycles. The van der Waals surface area contributed by atoms with E-state index in [0.717, 1.165) is 36.8 Å². The molecule has 0 saturated carbocycles. The molecule has 6 heteroatoms. The number of hydrogen-bond donors (Lipinski definition) is 1. The summed E-state index contributed by atoms with van der Waals surface area (Å²) in [5.41, 5.74) is 1.08. The van der Waals surface area contributed by atoms with E-state index in [1.165, 1.54) is 12.8 Å². The minimum Gasteiger partial charge on any atom is -0.439 e. The Morgan fingerprint density at radius 1 is 1.27 bits per heavy atom. The summed E-state index contributed by atoms with van der Waals surface area (Å²) in [7, 11) is 2.01. The molecule has 0 spiro atoms. The van der Waals surface area contributed by atoms with Gasteiger partial charge in [-0.1, -0.05) is 30.3 Å². The number of nitrogens with one attached hydrogen (secondary N) is 1. The Bertz CT molecular complexity index is 547. The molecule has 22 heavy (non-hydrogen) atoms. The lowest BCUT2D eigenvalue weighted by Gasteiger charge is -2.22. The smallest absolute Gasteiger partial charge is 0.209 e. The SMILES string of the molecule is CNCC1CCCN1Cc1ncc(-c2ccccc2)o1.Cl.Cl. The number of nitrogens with zero attached hydrogens (tertiary/aromatic N) is 2. The van der Waals surface area contributed by atoms with Crippen LogP contribution < -0.4 is 5.32 Å². The second-order valence-electron chi connectivity index (χ2n) is 5.31. The molecule has 1 aromatic carbocycles. The van der Waals surface area contributed by atoms with E-state index in [4.69, 9.17) is 4.42 Å². The molecule has 1 fully saturated rings. The van der Waals surface area contributed by atoms with Gasteiger partial charge in [-0.25, -0.2) is 4.98 Å². The fourth-order valence-electron chi connectivity index (χ4n) is 2.86. The van der Waals surface area contributed by atoms with E-state index < -0.39 is 0 Å². The first-order chi connectivity index (χ1) is 9.86. The van der Waals surface area contributed by atoms with Gasteiger partial charge < -0.3 is 9.73 Å². The zero-order valence-corrected chi connectivity index (χ0v) is 14.3. The van der Waals surface area contributed by atoms with Crippen molar-refractivity contribution in [1.82, 2.24) is 15.2 Å². The Morgan fingerprint density at radius 3 is 2.77 bits per heavy atom. The van der Waals surface area contributed by atoms with Crippen LogP contribution in [-0.2, 0) is 6.54 Å². The molecule has 0 bridgehead atoms. The van der Waals surface area contributed by atoms with Crippen LogP contribution >= 0.6 is 24.8 Å². The second kappa shape index (κ2) is 9.16. The number of likely N-dealkylation sites (tertiary alicyclic amines) is 1. The average Bonchev–Trinajstić information content (AvgIpc) is 3.11. The lowest BCUT2D eigenvalue weighted by atomic mass is 10.2. The van der Waals surface area contributed by atoms with Gasteiger partial charge in [-0.05, 0) is 26.4 Å². The Balaban J connectivity index is 0.00000121. The van der Waals surface area contributed by atoms with Crippen molar-refractivity contribution in [2.75, 3.05) is 20.1 Å². The zero-order chi connectivity index (χ0) is 13.8. The van der Waals surface area contributed by atoms with Gasteiger partial charge in [-0.15, -0.1) is 24.8 Å². The maximum Gasteiger partial charge on any atom is 0.209 e. The summed E-state index contributed by atoms with van der Waals surface area (Å²) in [4.78, 5) is 6.88. The monoisotopic (exact) mass is 343 g/mol. The number of aromatic nitrogens is 1. The van der Waals surface area contributed by atoms with Crippen LogP contribution in [0.5, 0.6) is 0 Å². The molecule has 1 aliphatic rings. The van der Waals surface area contributed by atoms with E-state index >= 15 is 0 Å². The molecular weight excluding hydrogens is 321 g/mol. The highest BCUT2D eigenvalue weighted by atomic mass is 35.5. The van der Waals surface area contributed by atoms with E-state index in [9.17, 15) is 0 Å². The average molecular weight is 344 g/mol. The fraction of sp³-hybridized carbons (Fsp3) is 0.438. The van der Waals surface area contributed by atoms with Crippen molar-refractivity contribution in [1.29, 1.82) is 0 Å². The lowest BCUT2D eigenvalue weighted by molar-refractivity contribution is 0.220. The zero-order valence-electron chi connectivity index (χ0n) is 12.7. The number of halogens is 2. The summed E-state index contributed by atoms with van der Waals surface area (Å²) < 4.78 is 5.88. The molecule has 2 heterocycles. The highest BCUT2D eigenvalue weighted by molar-refractivity contribution is 5.85. The number of hydrogen-bond acceptors (Lipinski definition) is 4. The minimum atomic E-state index is 0. The van der Waals surface area contributed by atoms with Gasteiger partial charge in [0.2, 0.25) is 5.89 Å². The van der Waals surface area contributed by atoms with Crippen LogP contribution in [0.1, 0.15) is 18.7 Å². The van der Waals surface area contributed by atoms with E-state index in [-0.39, 0.29) is 24.8 Å². The number of rotatable bonds is 5. The summed E-state index contributed by atoms with van der Waals surface area (Å²) in [6.45, 7) is 2.97. The van der Waals surface area contributed by atoms with Crippen LogP contribution in [0.4, 0.5) is 0 Å². The fourth-order valence-corrected chi connectivity index (χ4v) is 2.86. The minimum absolute atomic E-state index is 0. The predicted molar refractivity (Wildman–Crippen MR) is 93.8 cm³/mol. The van der Waals surface area contributed by atoms with Crippen molar-refractivity contribution < 1.29 is 4.42 Å². The molecule has 4 nitrogen and oxygen atoms in total. The Kier molecular flexibility index (Phi) is 7.90. The Labute approximate surface area is 144 Å². The van der Waals surface area contributed by atoms with E-state index in [1.54, 1.807) is 0 Å². The molecule has 0 aliphatic carbocycles. The normalized spacial score (nSPS) is 17.8. The van der Waals surface area contributed by atoms with Gasteiger partial charge in [-0.2, -0.15) is 0 Å². The molecule has 1 unspecified atom stereocenters. The van der Waals surface area contributed by atoms with E-state index in [0.29, 0.717) is 6.04 Å². The van der Waals surface area contributed by atoms with Crippen molar-refractivity contribution in [2.24, 2.45) is 0 Å². The third-order valence-electron chi connectivity index (χ3n) is 3.89. The number of benzene rings is 1. The highest BCUT2D eigenvalue weighted by Crippen LogP contribution is 2.23. The van der Waals surface area contributed by atoms with Crippen LogP contribution in [-0.4, -0.2) is 36.1 Å². The summed E-state index contributed by atoms with van der Waals surface area (Å²) in [5, 5.41) is 3.26. The first-order valence-electron chi connectivity index (χ1n) is 7.25. The maximum atomic E-state index is 5.88. The van der Waals surface area contributed by atoms with Crippen molar-refractivity contribution in [3.05, 3.63) is 42.4 Å². The molecule has 0 amide bonds. The van der Waals surface area contributed by atoms with Crippen LogP contribution in [0.2, 0.25) is 0 Å². The molecule has 1 N–H and O–H groups in total. The van der Waals surface area contributed by atoms with Crippen LogP contribution in [0, 0.1) is 0 Å². The topological polar surface area (TPSA) is 41.3 Å². The highest BCUT2D eigenvalue weighted by Gasteiger charge is 2.25. The van der Waals surface area contributed by atoms with Crippen molar-refractivity contribution in [3.8, 4) is 11.3 Å². The molecule has 3 rings (SSSR count). The third-order valence-corrected chi connectivity index (χ3v) is 3.89. The predicted octanol–water partition coefficient (Wildman–Crippen LogP) is 3.37. The van der Waals surface area contributed by atoms with Crippen LogP contribution in [0.3, 0.4) is 0 Å². The molecule has 1 aromatic heterocycles. The van der Waals surface area contributed by atoms with Gasteiger partial charge >= 0.3 is 0 Å². The van der Waals surface area contributed by atoms with Gasteiger partial charge in [0, 0.05) is 18.2 Å². The van der Waals surface area contributed by atoms with Crippen molar-refractivity contribution >= 4 is 24.8 Å². The molecule has 122 valence electrons. The first kappa shape index (κ1) is 19.0. The number of likely N-dealkylation sites (N-methyl/N-ethyl adjacent to an activating group) is 1. The van der Waals surface area contributed by atoms with Crippen LogP contribution in [0.25, 0.3) is 11.3 Å². The maximum absolute atomic E-state index is 5.88. The third kappa shape index (κ3) is 4.46. The standard InChI is InChI=1S/C16H21N3O.2ClH/c1-17-10-14-8-5-9-19(14)12-16-18-11-15(20-16)13-6-3-2-4-7-13;;/h2-4,6-7,11,14,17H,5,8-10,12H2,1H3;2*1H. The second-order valence-corrected chi connectivity index (χ2v) is 5.31. The van der Waals surface area contributed by atoms with Crippen LogP contribution in [0.15, 0.2) is 40.9 Å². The van der Waals surface area contributed by atoms with Crippen molar-refractivity contribution in [2.45, 2.75) is 25.4 Å². The summed E-state index contributed by atoms with van der Waals surface area (Å²) in [6.07, 6.45) is 4.35. The molecule has 1 aliphatic heterocycles. The lowest BCUT2D eigenvalue weighted by Crippen LogP contribution is -2.36. The Hall–Kier alpha value is -1.07. The van der Waals surface area contributed by atoms with E-state index in [2.05, 4.69) is 15.2 Å². The largest absolute Gasteiger partial charge is 0.439 e. The van der Waals surface area contributed by atoms with Gasteiger partial charge in [-0.3, -0.25) is 4.90 Å². The van der Waals surface area contributed by atoms with Gasteiger partial charge in [0.15, 0.2) is 5.76 Å². The summed E-state index contributed by atoms with van der Waals surface area (Å²) in [6, 6.07) is 10.7. The summed E-state index contributed by atoms with van der Waals surface area (Å²) in [5.74, 6) is 1.66. The van der Waals surface area contributed by atoms with E-state index in [1.807, 2.05) is 43.6 Å². The van der Waals surface area contributed by atoms with Gasteiger partial charge in [0.1, 0.15) is 0 Å². The molecule has 0 radical (unpaired) electrons.